The molecule has 6 heteroatoms. The molecule has 5 nitrogen and oxygen atoms in total. The number of hydrogen-bond acceptors (Lipinski definition) is 5. The molecule has 1 aromatic heterocycles. The van der Waals surface area contributed by atoms with Crippen LogP contribution in [0.5, 0.6) is 0 Å². The Morgan fingerprint density at radius 3 is 2.33 bits per heavy atom. The second kappa shape index (κ2) is 7.30. The smallest absolute Gasteiger partial charge is 0.277 e. The lowest BCUT2D eigenvalue weighted by Gasteiger charge is -2.18. The molecule has 0 radical (unpaired) electrons. The first kappa shape index (κ1) is 18.5. The van der Waals surface area contributed by atoms with E-state index in [1.807, 2.05) is 12.1 Å². The van der Waals surface area contributed by atoms with Crippen molar-refractivity contribution in [2.24, 2.45) is 11.8 Å². The molecule has 2 aromatic rings. The molecule has 2 aliphatic rings. The summed E-state index contributed by atoms with van der Waals surface area (Å²) < 4.78 is 5.73. The summed E-state index contributed by atoms with van der Waals surface area (Å²) in [6.07, 6.45) is 5.04. The average molecular weight is 386 g/mol. The number of benzene rings is 1. The van der Waals surface area contributed by atoms with Gasteiger partial charge in [0.2, 0.25) is 11.8 Å². The van der Waals surface area contributed by atoms with E-state index in [0.29, 0.717) is 34.7 Å². The Morgan fingerprint density at radius 2 is 1.78 bits per heavy atom. The highest BCUT2D eigenvalue weighted by atomic mass is 32.2. The first-order valence-corrected chi connectivity index (χ1v) is 10.8. The maximum atomic E-state index is 12.3. The summed E-state index contributed by atoms with van der Waals surface area (Å²) in [6.45, 7) is 6.56. The van der Waals surface area contributed by atoms with Crippen molar-refractivity contribution < 1.29 is 9.21 Å². The molecule has 4 rings (SSSR count). The number of rotatable bonds is 7. The Bertz CT molecular complexity index is 790. The third kappa shape index (κ3) is 4.72. The first-order valence-electron chi connectivity index (χ1n) is 9.77. The van der Waals surface area contributed by atoms with Gasteiger partial charge < -0.3 is 9.73 Å². The zero-order chi connectivity index (χ0) is 19.0. The van der Waals surface area contributed by atoms with E-state index in [1.165, 1.54) is 43.0 Å². The largest absolute Gasteiger partial charge is 0.411 e. The Balaban J connectivity index is 1.32. The number of carbonyl (C=O) groups excluding carboxylic acids is 1. The number of nitrogens with one attached hydrogen (secondary N) is 1. The number of hydrogen-bond donors (Lipinski definition) is 1. The molecule has 1 N–H and O–H groups in total. The van der Waals surface area contributed by atoms with Gasteiger partial charge in [-0.25, -0.2) is 0 Å². The topological polar surface area (TPSA) is 68.0 Å². The van der Waals surface area contributed by atoms with Crippen LogP contribution in [0.3, 0.4) is 0 Å². The van der Waals surface area contributed by atoms with Crippen molar-refractivity contribution in [3.05, 3.63) is 29.8 Å². The lowest BCUT2D eigenvalue weighted by molar-refractivity contribution is -0.119. The van der Waals surface area contributed by atoms with E-state index in [9.17, 15) is 4.79 Å². The van der Waals surface area contributed by atoms with Gasteiger partial charge in [0.1, 0.15) is 0 Å². The number of nitrogens with zero attached hydrogens (tertiary/aromatic N) is 2. The van der Waals surface area contributed by atoms with E-state index in [-0.39, 0.29) is 11.3 Å². The van der Waals surface area contributed by atoms with Crippen LogP contribution in [0.1, 0.15) is 52.0 Å². The van der Waals surface area contributed by atoms with E-state index in [2.05, 4.69) is 48.4 Å². The number of thioether (sulfide) groups is 1. The summed E-state index contributed by atoms with van der Waals surface area (Å²) in [5.74, 6) is 2.29. The standard InChI is InChI=1S/C21H27N3O2S/c1-21(2,3)16-10-8-15(9-11-16)19-23-24-20(26-19)27-12-17(25)22-18(13-4-5-13)14-6-7-14/h8-11,13-14,18H,4-7,12H2,1-3H3,(H,22,25). The molecule has 2 fully saturated rings. The van der Waals surface area contributed by atoms with E-state index in [0.717, 1.165) is 5.56 Å². The molecule has 2 aliphatic carbocycles. The van der Waals surface area contributed by atoms with Crippen LogP contribution in [-0.4, -0.2) is 27.9 Å². The van der Waals surface area contributed by atoms with Gasteiger partial charge in [-0.3, -0.25) is 4.79 Å². The summed E-state index contributed by atoms with van der Waals surface area (Å²) in [5.41, 5.74) is 2.27. The number of aromatic nitrogens is 2. The van der Waals surface area contributed by atoms with Crippen LogP contribution in [0, 0.1) is 11.8 Å². The first-order chi connectivity index (χ1) is 12.9. The molecular weight excluding hydrogens is 358 g/mol. The van der Waals surface area contributed by atoms with Gasteiger partial charge in [0.15, 0.2) is 0 Å². The van der Waals surface area contributed by atoms with E-state index < -0.39 is 0 Å². The van der Waals surface area contributed by atoms with Crippen molar-refractivity contribution in [3.8, 4) is 11.5 Å². The fourth-order valence-electron chi connectivity index (χ4n) is 3.38. The summed E-state index contributed by atoms with van der Waals surface area (Å²) in [6, 6.07) is 8.58. The fourth-order valence-corrected chi connectivity index (χ4v) is 3.96. The highest BCUT2D eigenvalue weighted by Crippen LogP contribution is 2.44. The molecule has 0 atom stereocenters. The zero-order valence-electron chi connectivity index (χ0n) is 16.2. The third-order valence-electron chi connectivity index (χ3n) is 5.32. The lowest BCUT2D eigenvalue weighted by Crippen LogP contribution is -2.39. The van der Waals surface area contributed by atoms with Gasteiger partial charge in [0, 0.05) is 11.6 Å². The minimum atomic E-state index is 0.0677. The van der Waals surface area contributed by atoms with Gasteiger partial charge in [0.25, 0.3) is 5.22 Å². The molecule has 0 spiro atoms. The Hall–Kier alpha value is -1.82. The van der Waals surface area contributed by atoms with Crippen molar-refractivity contribution in [1.29, 1.82) is 0 Å². The van der Waals surface area contributed by atoms with Crippen LogP contribution < -0.4 is 5.32 Å². The molecule has 0 saturated heterocycles. The fraction of sp³-hybridized carbons (Fsp3) is 0.571. The quantitative estimate of drug-likeness (QED) is 0.714. The van der Waals surface area contributed by atoms with Crippen LogP contribution in [-0.2, 0) is 10.2 Å². The minimum Gasteiger partial charge on any atom is -0.411 e. The van der Waals surface area contributed by atoms with Gasteiger partial charge in [-0.15, -0.1) is 10.2 Å². The Morgan fingerprint density at radius 1 is 1.15 bits per heavy atom. The molecular formula is C21H27N3O2S. The lowest BCUT2D eigenvalue weighted by atomic mass is 9.87. The van der Waals surface area contributed by atoms with Crippen LogP contribution in [0.4, 0.5) is 0 Å². The molecule has 27 heavy (non-hydrogen) atoms. The number of amides is 1. The Kier molecular flexibility index (Phi) is 5.01. The highest BCUT2D eigenvalue weighted by molar-refractivity contribution is 7.99. The molecule has 0 bridgehead atoms. The molecule has 2 saturated carbocycles. The zero-order valence-corrected chi connectivity index (χ0v) is 17.0. The van der Waals surface area contributed by atoms with Gasteiger partial charge in [0.05, 0.1) is 5.75 Å². The predicted molar refractivity (Wildman–Crippen MR) is 107 cm³/mol. The predicted octanol–water partition coefficient (Wildman–Crippen LogP) is 4.43. The molecule has 144 valence electrons. The summed E-state index contributed by atoms with van der Waals surface area (Å²) in [5, 5.41) is 11.9. The summed E-state index contributed by atoms with van der Waals surface area (Å²) in [4.78, 5) is 12.3. The highest BCUT2D eigenvalue weighted by Gasteiger charge is 2.42. The van der Waals surface area contributed by atoms with Crippen molar-refractivity contribution in [1.82, 2.24) is 15.5 Å². The minimum absolute atomic E-state index is 0.0677. The van der Waals surface area contributed by atoms with Crippen LogP contribution in [0.25, 0.3) is 11.5 Å². The van der Waals surface area contributed by atoms with Crippen LogP contribution >= 0.6 is 11.8 Å². The summed E-state index contributed by atoms with van der Waals surface area (Å²) >= 11 is 1.31. The van der Waals surface area contributed by atoms with Gasteiger partial charge in [-0.1, -0.05) is 44.7 Å². The maximum Gasteiger partial charge on any atom is 0.277 e. The van der Waals surface area contributed by atoms with E-state index in [1.54, 1.807) is 0 Å². The Labute approximate surface area is 164 Å². The average Bonchev–Trinajstić information content (AvgIpc) is 3.56. The molecule has 0 aliphatic heterocycles. The second-order valence-corrected chi connectivity index (χ2v) is 9.68. The molecule has 1 amide bonds. The maximum absolute atomic E-state index is 12.3. The third-order valence-corrected chi connectivity index (χ3v) is 6.14. The van der Waals surface area contributed by atoms with Gasteiger partial charge >= 0.3 is 0 Å². The van der Waals surface area contributed by atoms with Crippen molar-refractivity contribution in [2.45, 2.75) is 63.1 Å². The van der Waals surface area contributed by atoms with Crippen molar-refractivity contribution >= 4 is 17.7 Å². The van der Waals surface area contributed by atoms with Crippen LogP contribution in [0.15, 0.2) is 33.9 Å². The summed E-state index contributed by atoms with van der Waals surface area (Å²) in [7, 11) is 0. The monoisotopic (exact) mass is 385 g/mol. The van der Waals surface area contributed by atoms with Crippen LogP contribution in [0.2, 0.25) is 0 Å². The molecule has 1 heterocycles. The molecule has 1 aromatic carbocycles. The van der Waals surface area contributed by atoms with Gasteiger partial charge in [-0.05, 0) is 60.6 Å². The van der Waals surface area contributed by atoms with Gasteiger partial charge in [-0.2, -0.15) is 0 Å². The van der Waals surface area contributed by atoms with Crippen molar-refractivity contribution in [3.63, 3.8) is 0 Å². The SMILES string of the molecule is CC(C)(C)c1ccc(-c2nnc(SCC(=O)NC(C3CC3)C3CC3)o2)cc1. The van der Waals surface area contributed by atoms with E-state index in [4.69, 9.17) is 4.42 Å². The number of carbonyl (C=O) groups is 1. The molecule has 0 unspecified atom stereocenters. The van der Waals surface area contributed by atoms with Crippen molar-refractivity contribution in [2.75, 3.05) is 5.75 Å². The van der Waals surface area contributed by atoms with E-state index >= 15 is 0 Å². The normalized spacial score (nSPS) is 17.3. The second-order valence-electron chi connectivity index (χ2n) is 8.76.